The van der Waals surface area contributed by atoms with E-state index < -0.39 is 0 Å². The highest BCUT2D eigenvalue weighted by Gasteiger charge is 2.28. The predicted octanol–water partition coefficient (Wildman–Crippen LogP) is 3.63. The van der Waals surface area contributed by atoms with Crippen LogP contribution in [-0.4, -0.2) is 4.57 Å². The van der Waals surface area contributed by atoms with E-state index >= 15 is 0 Å². The Morgan fingerprint density at radius 2 is 1.64 bits per heavy atom. The number of fused-ring (bicyclic) bond motifs is 1. The van der Waals surface area contributed by atoms with Crippen LogP contribution < -0.4 is 4.57 Å². The van der Waals surface area contributed by atoms with E-state index in [0.29, 0.717) is 0 Å². The lowest BCUT2D eigenvalue weighted by Gasteiger charge is -2.00. The van der Waals surface area contributed by atoms with Crippen LogP contribution in [0.15, 0.2) is 66.9 Å². The molecule has 2 heteroatoms. The van der Waals surface area contributed by atoms with Gasteiger partial charge in [0.2, 0.25) is 0 Å². The SMILES string of the molecule is c1ccc(CC[n+]2cc(-c3ccccc3)n3c2CCC3)cc1. The summed E-state index contributed by atoms with van der Waals surface area (Å²) >= 11 is 0. The van der Waals surface area contributed by atoms with Gasteiger partial charge in [-0.15, -0.1) is 0 Å². The molecule has 4 rings (SSSR count). The average Bonchev–Trinajstić information content (AvgIpc) is 3.17. The fraction of sp³-hybridized carbons (Fsp3) is 0.250. The molecule has 2 aromatic carbocycles. The normalized spacial score (nSPS) is 13.3. The predicted molar refractivity (Wildman–Crippen MR) is 88.5 cm³/mol. The summed E-state index contributed by atoms with van der Waals surface area (Å²) in [6.07, 6.45) is 5.90. The molecule has 0 saturated heterocycles. The van der Waals surface area contributed by atoms with Crippen LogP contribution in [0.5, 0.6) is 0 Å². The summed E-state index contributed by atoms with van der Waals surface area (Å²) in [6, 6.07) is 21.5. The zero-order valence-electron chi connectivity index (χ0n) is 12.8. The summed E-state index contributed by atoms with van der Waals surface area (Å²) in [7, 11) is 0. The largest absolute Gasteiger partial charge is 0.257 e. The van der Waals surface area contributed by atoms with Gasteiger partial charge in [0.15, 0.2) is 5.69 Å². The van der Waals surface area contributed by atoms with E-state index in [1.807, 2.05) is 0 Å². The molecule has 2 nitrogen and oxygen atoms in total. The Labute approximate surface area is 131 Å². The highest BCUT2D eigenvalue weighted by molar-refractivity contribution is 5.58. The Hall–Kier alpha value is -2.35. The molecule has 1 aliphatic heterocycles. The minimum absolute atomic E-state index is 1.06. The molecule has 0 atom stereocenters. The zero-order chi connectivity index (χ0) is 14.8. The molecular formula is C20H21N2+. The number of nitrogens with zero attached hydrogens (tertiary/aromatic N) is 2. The molecule has 0 fully saturated rings. The molecule has 22 heavy (non-hydrogen) atoms. The van der Waals surface area contributed by atoms with Gasteiger partial charge < -0.3 is 0 Å². The molecule has 3 aromatic rings. The van der Waals surface area contributed by atoms with Crippen molar-refractivity contribution in [3.8, 4) is 11.3 Å². The van der Waals surface area contributed by atoms with Crippen molar-refractivity contribution in [3.63, 3.8) is 0 Å². The summed E-state index contributed by atoms with van der Waals surface area (Å²) in [4.78, 5) is 0. The van der Waals surface area contributed by atoms with Gasteiger partial charge in [-0.3, -0.25) is 0 Å². The van der Waals surface area contributed by atoms with Gasteiger partial charge in [-0.25, -0.2) is 9.13 Å². The monoisotopic (exact) mass is 289 g/mol. The van der Waals surface area contributed by atoms with E-state index in [4.69, 9.17) is 0 Å². The Balaban J connectivity index is 1.64. The van der Waals surface area contributed by atoms with Crippen LogP contribution in [-0.2, 0) is 25.9 Å². The van der Waals surface area contributed by atoms with Gasteiger partial charge in [0.05, 0.1) is 19.5 Å². The summed E-state index contributed by atoms with van der Waals surface area (Å²) in [5.74, 6) is 1.48. The summed E-state index contributed by atoms with van der Waals surface area (Å²) in [6.45, 7) is 2.21. The smallest absolute Gasteiger partial charge is 0.233 e. The number of rotatable bonds is 4. The van der Waals surface area contributed by atoms with Crippen molar-refractivity contribution >= 4 is 0 Å². The van der Waals surface area contributed by atoms with Gasteiger partial charge in [-0.05, 0) is 12.0 Å². The van der Waals surface area contributed by atoms with Gasteiger partial charge in [0, 0.05) is 12.0 Å². The molecule has 0 aliphatic carbocycles. The molecule has 0 saturated carbocycles. The number of benzene rings is 2. The molecule has 0 spiro atoms. The Morgan fingerprint density at radius 3 is 2.41 bits per heavy atom. The number of aryl methyl sites for hydroxylation is 2. The number of aromatic nitrogens is 2. The first kappa shape index (κ1) is 13.3. The number of hydrogen-bond acceptors (Lipinski definition) is 0. The maximum absolute atomic E-state index is 2.50. The summed E-state index contributed by atoms with van der Waals surface area (Å²) in [5, 5.41) is 0. The van der Waals surface area contributed by atoms with Crippen LogP contribution in [0, 0.1) is 0 Å². The second-order valence-corrected chi connectivity index (χ2v) is 5.98. The van der Waals surface area contributed by atoms with Gasteiger partial charge in [-0.1, -0.05) is 60.7 Å². The van der Waals surface area contributed by atoms with Gasteiger partial charge in [0.25, 0.3) is 5.82 Å². The first-order chi connectivity index (χ1) is 10.9. The maximum Gasteiger partial charge on any atom is 0.257 e. The van der Waals surface area contributed by atoms with Crippen LogP contribution >= 0.6 is 0 Å². The molecule has 0 N–H and O–H groups in total. The number of imidazole rings is 1. The zero-order valence-corrected chi connectivity index (χ0v) is 12.8. The highest BCUT2D eigenvalue weighted by atomic mass is 15.2. The fourth-order valence-electron chi connectivity index (χ4n) is 3.44. The van der Waals surface area contributed by atoms with Crippen molar-refractivity contribution in [3.05, 3.63) is 78.2 Å². The van der Waals surface area contributed by atoms with E-state index in [0.717, 1.165) is 19.5 Å². The van der Waals surface area contributed by atoms with Crippen LogP contribution in [0.1, 0.15) is 17.8 Å². The second-order valence-electron chi connectivity index (χ2n) is 5.98. The quantitative estimate of drug-likeness (QED) is 0.649. The molecule has 2 heterocycles. The van der Waals surface area contributed by atoms with Crippen molar-refractivity contribution in [2.75, 3.05) is 0 Å². The van der Waals surface area contributed by atoms with Crippen LogP contribution in [0.25, 0.3) is 11.3 Å². The minimum atomic E-state index is 1.06. The van der Waals surface area contributed by atoms with Crippen LogP contribution in [0.4, 0.5) is 0 Å². The maximum atomic E-state index is 2.50. The lowest BCUT2D eigenvalue weighted by molar-refractivity contribution is -0.702. The minimum Gasteiger partial charge on any atom is -0.233 e. The van der Waals surface area contributed by atoms with E-state index in [9.17, 15) is 0 Å². The third-order valence-electron chi connectivity index (χ3n) is 4.55. The molecule has 110 valence electrons. The van der Waals surface area contributed by atoms with E-state index in [1.54, 1.807) is 0 Å². The first-order valence-electron chi connectivity index (χ1n) is 8.13. The fourth-order valence-corrected chi connectivity index (χ4v) is 3.44. The number of hydrogen-bond donors (Lipinski definition) is 0. The van der Waals surface area contributed by atoms with Crippen molar-refractivity contribution in [1.82, 2.24) is 4.57 Å². The summed E-state index contributed by atoms with van der Waals surface area (Å²) in [5.41, 5.74) is 4.10. The lowest BCUT2D eigenvalue weighted by Crippen LogP contribution is -2.37. The van der Waals surface area contributed by atoms with Crippen molar-refractivity contribution in [2.45, 2.75) is 32.4 Å². The Bertz CT molecular complexity index is 757. The molecule has 0 unspecified atom stereocenters. The third-order valence-corrected chi connectivity index (χ3v) is 4.55. The third kappa shape index (κ3) is 2.45. The Kier molecular flexibility index (Phi) is 3.51. The molecular weight excluding hydrogens is 268 g/mol. The molecule has 0 bridgehead atoms. The molecule has 0 radical (unpaired) electrons. The van der Waals surface area contributed by atoms with Crippen LogP contribution in [0.3, 0.4) is 0 Å². The lowest BCUT2D eigenvalue weighted by atomic mass is 10.1. The van der Waals surface area contributed by atoms with E-state index in [1.165, 1.54) is 35.5 Å². The summed E-state index contributed by atoms with van der Waals surface area (Å²) < 4.78 is 4.96. The second kappa shape index (κ2) is 5.80. The van der Waals surface area contributed by atoms with E-state index in [2.05, 4.69) is 76.0 Å². The van der Waals surface area contributed by atoms with Gasteiger partial charge in [0.1, 0.15) is 6.20 Å². The van der Waals surface area contributed by atoms with Crippen molar-refractivity contribution < 1.29 is 4.57 Å². The average molecular weight is 289 g/mol. The molecule has 1 aromatic heterocycles. The van der Waals surface area contributed by atoms with Gasteiger partial charge >= 0.3 is 0 Å². The topological polar surface area (TPSA) is 8.81 Å². The van der Waals surface area contributed by atoms with Crippen molar-refractivity contribution in [2.24, 2.45) is 0 Å². The first-order valence-corrected chi connectivity index (χ1v) is 8.13. The highest BCUT2D eigenvalue weighted by Crippen LogP contribution is 2.24. The standard InChI is InChI=1S/C20H21N2/c1-3-8-17(9-4-1)13-15-21-16-19(18-10-5-2-6-11-18)22-14-7-12-20(21)22/h1-6,8-11,16H,7,12-15H2/q+1. The van der Waals surface area contributed by atoms with E-state index in [-0.39, 0.29) is 0 Å². The molecule has 1 aliphatic rings. The van der Waals surface area contributed by atoms with Gasteiger partial charge in [-0.2, -0.15) is 0 Å². The van der Waals surface area contributed by atoms with Crippen LogP contribution in [0.2, 0.25) is 0 Å². The Morgan fingerprint density at radius 1 is 0.909 bits per heavy atom. The van der Waals surface area contributed by atoms with Crippen molar-refractivity contribution in [1.29, 1.82) is 0 Å². The molecule has 0 amide bonds.